The van der Waals surface area contributed by atoms with E-state index in [1.165, 1.54) is 22.8 Å². The van der Waals surface area contributed by atoms with Crippen molar-refractivity contribution in [1.29, 1.82) is 0 Å². The second-order valence-electron chi connectivity index (χ2n) is 4.17. The molecular formula is C13H12ClN3O3S. The number of rotatable bonds is 5. The third-order valence-electron chi connectivity index (χ3n) is 2.65. The largest absolute Gasteiger partial charge is 0.476 e. The predicted octanol–water partition coefficient (Wildman–Crippen LogP) is 2.05. The van der Waals surface area contributed by atoms with E-state index in [1.807, 2.05) is 0 Å². The molecular weight excluding hydrogens is 314 g/mol. The first-order valence-corrected chi connectivity index (χ1v) is 7.24. The van der Waals surface area contributed by atoms with Gasteiger partial charge in [-0.3, -0.25) is 4.79 Å². The molecule has 0 atom stereocenters. The lowest BCUT2D eigenvalue weighted by Crippen LogP contribution is -2.25. The summed E-state index contributed by atoms with van der Waals surface area (Å²) in [5, 5.41) is 14.0. The van der Waals surface area contributed by atoms with Gasteiger partial charge in [-0.05, 0) is 18.2 Å². The Morgan fingerprint density at radius 1 is 1.43 bits per heavy atom. The number of benzene rings is 1. The number of carbonyl (C=O) groups is 2. The highest BCUT2D eigenvalue weighted by atomic mass is 35.5. The maximum atomic E-state index is 11.9. The first-order valence-electron chi connectivity index (χ1n) is 5.98. The van der Waals surface area contributed by atoms with Crippen molar-refractivity contribution < 1.29 is 14.7 Å². The normalized spacial score (nSPS) is 10.3. The molecule has 6 nitrogen and oxygen atoms in total. The number of anilines is 1. The minimum Gasteiger partial charge on any atom is -0.476 e. The highest BCUT2D eigenvalue weighted by Crippen LogP contribution is 2.19. The van der Waals surface area contributed by atoms with Gasteiger partial charge in [0.05, 0.1) is 15.7 Å². The van der Waals surface area contributed by atoms with E-state index >= 15 is 0 Å². The molecule has 21 heavy (non-hydrogen) atoms. The zero-order valence-electron chi connectivity index (χ0n) is 10.8. The smallest absolute Gasteiger partial charge is 0.355 e. The molecule has 0 fully saturated rings. The number of amides is 1. The van der Waals surface area contributed by atoms with Gasteiger partial charge in [-0.15, -0.1) is 11.3 Å². The summed E-state index contributed by atoms with van der Waals surface area (Å²) in [5.41, 5.74) is 6.42. The van der Waals surface area contributed by atoms with Crippen molar-refractivity contribution in [2.24, 2.45) is 0 Å². The summed E-state index contributed by atoms with van der Waals surface area (Å²) in [6.45, 7) is 0.355. The van der Waals surface area contributed by atoms with E-state index in [1.54, 1.807) is 12.1 Å². The van der Waals surface area contributed by atoms with Gasteiger partial charge in [-0.25, -0.2) is 9.78 Å². The van der Waals surface area contributed by atoms with Crippen molar-refractivity contribution in [3.05, 3.63) is 44.9 Å². The van der Waals surface area contributed by atoms with Crippen LogP contribution in [0.3, 0.4) is 0 Å². The first-order chi connectivity index (χ1) is 9.97. The van der Waals surface area contributed by atoms with Crippen molar-refractivity contribution in [2.75, 3.05) is 12.3 Å². The Kier molecular flexibility index (Phi) is 4.77. The van der Waals surface area contributed by atoms with Crippen LogP contribution in [0.5, 0.6) is 0 Å². The average Bonchev–Trinajstić information content (AvgIpc) is 2.91. The Labute approximate surface area is 129 Å². The third-order valence-corrected chi connectivity index (χ3v) is 3.91. The van der Waals surface area contributed by atoms with Gasteiger partial charge < -0.3 is 16.2 Å². The molecule has 0 radical (unpaired) electrons. The van der Waals surface area contributed by atoms with E-state index < -0.39 is 5.97 Å². The lowest BCUT2D eigenvalue weighted by atomic mass is 10.2. The molecule has 0 aliphatic rings. The van der Waals surface area contributed by atoms with E-state index in [2.05, 4.69) is 10.3 Å². The second kappa shape index (κ2) is 6.55. The predicted molar refractivity (Wildman–Crippen MR) is 81.0 cm³/mol. The summed E-state index contributed by atoms with van der Waals surface area (Å²) in [5.74, 6) is -1.33. The number of aromatic carboxylic acids is 1. The maximum absolute atomic E-state index is 11.9. The standard InChI is InChI=1S/C13H12ClN3O3S/c14-8-2-1-7(5-9(8)15)12(18)16-4-3-11-17-10(6-21-11)13(19)20/h1-2,5-6H,3-4,15H2,(H,16,18)(H,19,20). The summed E-state index contributed by atoms with van der Waals surface area (Å²) in [7, 11) is 0. The highest BCUT2D eigenvalue weighted by Gasteiger charge is 2.10. The molecule has 4 N–H and O–H groups in total. The van der Waals surface area contributed by atoms with Crippen LogP contribution in [-0.2, 0) is 6.42 Å². The van der Waals surface area contributed by atoms with Crippen LogP contribution in [0.15, 0.2) is 23.6 Å². The summed E-state index contributed by atoms with van der Waals surface area (Å²) in [6.07, 6.45) is 0.465. The Hall–Kier alpha value is -2.12. The SMILES string of the molecule is Nc1cc(C(=O)NCCc2nc(C(=O)O)cs2)ccc1Cl. The van der Waals surface area contributed by atoms with Crippen LogP contribution < -0.4 is 11.1 Å². The Bertz CT molecular complexity index is 687. The highest BCUT2D eigenvalue weighted by molar-refractivity contribution is 7.09. The number of nitrogens with zero attached hydrogens (tertiary/aromatic N) is 1. The number of hydrogen-bond acceptors (Lipinski definition) is 5. The topological polar surface area (TPSA) is 105 Å². The van der Waals surface area contributed by atoms with Crippen molar-refractivity contribution in [3.8, 4) is 0 Å². The first kappa shape index (κ1) is 15.3. The van der Waals surface area contributed by atoms with Crippen LogP contribution in [0.2, 0.25) is 5.02 Å². The number of carboxylic acids is 1. The molecule has 2 aromatic rings. The average molecular weight is 326 g/mol. The minimum atomic E-state index is -1.06. The van der Waals surface area contributed by atoms with Crippen LogP contribution in [0, 0.1) is 0 Å². The Balaban J connectivity index is 1.88. The summed E-state index contributed by atoms with van der Waals surface area (Å²) in [6, 6.07) is 4.65. The molecule has 0 aliphatic heterocycles. The quantitative estimate of drug-likeness (QED) is 0.730. The third kappa shape index (κ3) is 3.93. The number of halogens is 1. The monoisotopic (exact) mass is 325 g/mol. The number of thiazole rings is 1. The van der Waals surface area contributed by atoms with Crippen LogP contribution in [-0.4, -0.2) is 28.5 Å². The summed E-state index contributed by atoms with van der Waals surface area (Å²) in [4.78, 5) is 26.5. The molecule has 0 saturated carbocycles. The van der Waals surface area contributed by atoms with Crippen LogP contribution in [0.25, 0.3) is 0 Å². The van der Waals surface area contributed by atoms with Crippen LogP contribution in [0.4, 0.5) is 5.69 Å². The van der Waals surface area contributed by atoms with Gasteiger partial charge in [0.25, 0.3) is 5.91 Å². The molecule has 0 saturated heterocycles. The number of carbonyl (C=O) groups excluding carboxylic acids is 1. The lowest BCUT2D eigenvalue weighted by Gasteiger charge is -2.05. The van der Waals surface area contributed by atoms with Gasteiger partial charge in [0.15, 0.2) is 5.69 Å². The number of hydrogen-bond donors (Lipinski definition) is 3. The fraction of sp³-hybridized carbons (Fsp3) is 0.154. The number of nitrogens with one attached hydrogen (secondary N) is 1. The molecule has 2 rings (SSSR count). The van der Waals surface area contributed by atoms with E-state index in [-0.39, 0.29) is 11.6 Å². The molecule has 0 unspecified atom stereocenters. The van der Waals surface area contributed by atoms with Crippen molar-refractivity contribution in [3.63, 3.8) is 0 Å². The number of nitrogens with two attached hydrogens (primary N) is 1. The number of aromatic nitrogens is 1. The van der Waals surface area contributed by atoms with Crippen LogP contribution in [0.1, 0.15) is 25.9 Å². The van der Waals surface area contributed by atoms with Crippen molar-refractivity contribution in [2.45, 2.75) is 6.42 Å². The van der Waals surface area contributed by atoms with Crippen molar-refractivity contribution >= 4 is 40.5 Å². The molecule has 1 aromatic carbocycles. The Morgan fingerprint density at radius 3 is 2.81 bits per heavy atom. The zero-order valence-corrected chi connectivity index (χ0v) is 12.4. The fourth-order valence-electron chi connectivity index (χ4n) is 1.59. The molecule has 0 bridgehead atoms. The summed E-state index contributed by atoms with van der Waals surface area (Å²) >= 11 is 7.04. The molecule has 1 amide bonds. The second-order valence-corrected chi connectivity index (χ2v) is 5.52. The molecule has 0 aliphatic carbocycles. The molecule has 0 spiro atoms. The molecule has 1 aromatic heterocycles. The van der Waals surface area contributed by atoms with Gasteiger partial charge in [0, 0.05) is 23.9 Å². The van der Waals surface area contributed by atoms with Gasteiger partial charge >= 0.3 is 5.97 Å². The van der Waals surface area contributed by atoms with Gasteiger partial charge in [0.1, 0.15) is 0 Å². The van der Waals surface area contributed by atoms with Gasteiger partial charge in [-0.1, -0.05) is 11.6 Å². The summed E-state index contributed by atoms with van der Waals surface area (Å²) < 4.78 is 0. The molecule has 1 heterocycles. The Morgan fingerprint density at radius 2 is 2.19 bits per heavy atom. The maximum Gasteiger partial charge on any atom is 0.355 e. The molecule has 110 valence electrons. The van der Waals surface area contributed by atoms with E-state index in [0.717, 1.165) is 0 Å². The zero-order chi connectivity index (χ0) is 15.4. The van der Waals surface area contributed by atoms with Gasteiger partial charge in [-0.2, -0.15) is 0 Å². The van der Waals surface area contributed by atoms with E-state index in [9.17, 15) is 9.59 Å². The van der Waals surface area contributed by atoms with Crippen molar-refractivity contribution in [1.82, 2.24) is 10.3 Å². The van der Waals surface area contributed by atoms with Crippen LogP contribution >= 0.6 is 22.9 Å². The number of nitrogen functional groups attached to an aromatic ring is 1. The lowest BCUT2D eigenvalue weighted by molar-refractivity contribution is 0.0690. The number of carboxylic acid groups (broad SMARTS) is 1. The van der Waals surface area contributed by atoms with Gasteiger partial charge in [0.2, 0.25) is 0 Å². The van der Waals surface area contributed by atoms with E-state index in [0.29, 0.717) is 34.2 Å². The van der Waals surface area contributed by atoms with E-state index in [4.69, 9.17) is 22.4 Å². The fourth-order valence-corrected chi connectivity index (χ4v) is 2.48. The minimum absolute atomic E-state index is 0.0202. The molecule has 8 heteroatoms.